The number of ether oxygens (including phenoxy) is 3. The molecule has 2 aromatic heterocycles. The smallest absolute Gasteiger partial charge is 0.510 e. The van der Waals surface area contributed by atoms with Crippen LogP contribution in [-0.4, -0.2) is 38.7 Å². The van der Waals surface area contributed by atoms with Gasteiger partial charge in [-0.2, -0.15) is 18.4 Å². The van der Waals surface area contributed by atoms with Crippen LogP contribution in [0.2, 0.25) is 0 Å². The molecule has 11 nitrogen and oxygen atoms in total. The first-order valence-electron chi connectivity index (χ1n) is 11.0. The summed E-state index contributed by atoms with van der Waals surface area (Å²) in [4.78, 5) is 27.7. The van der Waals surface area contributed by atoms with Gasteiger partial charge in [-0.15, -0.1) is 15.0 Å². The molecule has 0 aliphatic carbocycles. The Hall–Kier alpha value is -4.67. The van der Waals surface area contributed by atoms with Crippen molar-refractivity contribution in [3.05, 3.63) is 59.4 Å². The van der Waals surface area contributed by atoms with Crippen molar-refractivity contribution in [1.82, 2.24) is 20.0 Å². The zero-order chi connectivity index (χ0) is 28.1. The SMILES string of the molecule is CC(OC(=O)OCC(C)(C)C(=O)[O-])n1nc(C#N)c(-c2cccc(COc3cc(C(F)(F)F)ccn3)c2)n1. The van der Waals surface area contributed by atoms with Gasteiger partial charge >= 0.3 is 12.3 Å². The Morgan fingerprint density at radius 1 is 1.18 bits per heavy atom. The van der Waals surface area contributed by atoms with Gasteiger partial charge in [-0.3, -0.25) is 0 Å². The summed E-state index contributed by atoms with van der Waals surface area (Å²) >= 11 is 0. The Morgan fingerprint density at radius 3 is 2.58 bits per heavy atom. The molecule has 0 bridgehead atoms. The van der Waals surface area contributed by atoms with Gasteiger partial charge in [0.1, 0.15) is 25.0 Å². The molecule has 3 rings (SSSR count). The van der Waals surface area contributed by atoms with Crippen molar-refractivity contribution in [3.63, 3.8) is 0 Å². The number of hydrogen-bond acceptors (Lipinski definition) is 10. The van der Waals surface area contributed by atoms with E-state index in [9.17, 15) is 33.1 Å². The van der Waals surface area contributed by atoms with E-state index in [0.717, 1.165) is 23.1 Å². The quantitative estimate of drug-likeness (QED) is 0.375. The summed E-state index contributed by atoms with van der Waals surface area (Å²) in [5.74, 6) is -1.62. The maximum Gasteiger partial charge on any atom is 0.510 e. The zero-order valence-electron chi connectivity index (χ0n) is 20.4. The van der Waals surface area contributed by atoms with Crippen molar-refractivity contribution in [3.8, 4) is 23.2 Å². The number of carbonyl (C=O) groups excluding carboxylic acids is 2. The van der Waals surface area contributed by atoms with Crippen molar-refractivity contribution >= 4 is 12.1 Å². The fourth-order valence-electron chi connectivity index (χ4n) is 2.90. The molecule has 1 atom stereocenters. The van der Waals surface area contributed by atoms with Crippen molar-refractivity contribution in [2.24, 2.45) is 5.41 Å². The molecule has 0 spiro atoms. The summed E-state index contributed by atoms with van der Waals surface area (Å²) < 4.78 is 54.0. The lowest BCUT2D eigenvalue weighted by atomic mass is 9.95. The molecule has 0 aliphatic heterocycles. The number of carboxylic acids is 1. The number of benzene rings is 1. The second kappa shape index (κ2) is 11.2. The Labute approximate surface area is 214 Å². The maximum atomic E-state index is 12.9. The van der Waals surface area contributed by atoms with Gasteiger partial charge in [0.15, 0.2) is 5.69 Å². The summed E-state index contributed by atoms with van der Waals surface area (Å²) in [6.45, 7) is 3.42. The van der Waals surface area contributed by atoms with Gasteiger partial charge in [-0.1, -0.05) is 32.0 Å². The molecule has 0 fully saturated rings. The summed E-state index contributed by atoms with van der Waals surface area (Å²) in [6.07, 6.45) is -5.83. The Balaban J connectivity index is 1.71. The Kier molecular flexibility index (Phi) is 8.20. The van der Waals surface area contributed by atoms with Crippen LogP contribution in [-0.2, 0) is 27.1 Å². The van der Waals surface area contributed by atoms with Gasteiger partial charge in [0.05, 0.1) is 11.5 Å². The van der Waals surface area contributed by atoms with Crippen molar-refractivity contribution < 1.29 is 42.1 Å². The fraction of sp³-hybridized carbons (Fsp3) is 0.333. The number of rotatable bonds is 9. The molecular weight excluding hydrogens is 511 g/mol. The number of aliphatic carboxylic acids is 1. The summed E-state index contributed by atoms with van der Waals surface area (Å²) in [5, 5.41) is 28.8. The Morgan fingerprint density at radius 2 is 1.92 bits per heavy atom. The van der Waals surface area contributed by atoms with Crippen LogP contribution in [0.3, 0.4) is 0 Å². The summed E-state index contributed by atoms with van der Waals surface area (Å²) in [5.41, 5.74) is -1.29. The van der Waals surface area contributed by atoms with Crippen LogP contribution in [0.15, 0.2) is 42.6 Å². The third-order valence-corrected chi connectivity index (χ3v) is 5.08. The van der Waals surface area contributed by atoms with Crippen LogP contribution in [0.5, 0.6) is 5.88 Å². The van der Waals surface area contributed by atoms with Crippen molar-refractivity contribution in [2.45, 2.75) is 39.8 Å². The average molecular weight is 532 g/mol. The highest BCUT2D eigenvalue weighted by molar-refractivity contribution is 5.72. The second-order valence-electron chi connectivity index (χ2n) is 8.63. The van der Waals surface area contributed by atoms with Gasteiger partial charge in [0, 0.05) is 23.2 Å². The maximum absolute atomic E-state index is 12.9. The lowest BCUT2D eigenvalue weighted by molar-refractivity contribution is -0.318. The molecule has 0 aliphatic rings. The molecule has 38 heavy (non-hydrogen) atoms. The predicted octanol–water partition coefficient (Wildman–Crippen LogP) is 3.26. The minimum absolute atomic E-state index is 0.0930. The van der Waals surface area contributed by atoms with Crippen LogP contribution in [0.1, 0.15) is 43.8 Å². The third kappa shape index (κ3) is 6.96. The van der Waals surface area contributed by atoms with Crippen molar-refractivity contribution in [1.29, 1.82) is 5.26 Å². The van der Waals surface area contributed by atoms with E-state index in [2.05, 4.69) is 15.2 Å². The first kappa shape index (κ1) is 27.9. The number of hydrogen-bond donors (Lipinski definition) is 0. The molecule has 0 amide bonds. The molecule has 1 aromatic carbocycles. The predicted molar refractivity (Wildman–Crippen MR) is 120 cm³/mol. The number of halogens is 3. The van der Waals surface area contributed by atoms with Crippen LogP contribution >= 0.6 is 0 Å². The zero-order valence-corrected chi connectivity index (χ0v) is 20.4. The van der Waals surface area contributed by atoms with E-state index in [1.807, 2.05) is 6.07 Å². The molecule has 3 aromatic rings. The van der Waals surface area contributed by atoms with E-state index < -0.39 is 42.1 Å². The highest BCUT2D eigenvalue weighted by Crippen LogP contribution is 2.30. The molecule has 0 N–H and O–H groups in total. The number of carboxylic acid groups (broad SMARTS) is 1. The van der Waals surface area contributed by atoms with Gasteiger partial charge in [-0.25, -0.2) is 9.78 Å². The van der Waals surface area contributed by atoms with Crippen LogP contribution in [0.4, 0.5) is 18.0 Å². The molecule has 1 unspecified atom stereocenters. The number of pyridine rings is 1. The summed E-state index contributed by atoms with van der Waals surface area (Å²) in [7, 11) is 0. The number of nitriles is 1. The highest BCUT2D eigenvalue weighted by Gasteiger charge is 2.31. The number of aromatic nitrogens is 4. The van der Waals surface area contributed by atoms with Crippen molar-refractivity contribution in [2.75, 3.05) is 6.61 Å². The molecule has 0 radical (unpaired) electrons. The highest BCUT2D eigenvalue weighted by atomic mass is 19.4. The summed E-state index contributed by atoms with van der Waals surface area (Å²) in [6, 6.07) is 10.0. The van der Waals surface area contributed by atoms with Gasteiger partial charge in [0.25, 0.3) is 0 Å². The number of alkyl halides is 3. The van der Waals surface area contributed by atoms with E-state index in [-0.39, 0.29) is 23.9 Å². The van der Waals surface area contributed by atoms with Crippen LogP contribution in [0, 0.1) is 16.7 Å². The van der Waals surface area contributed by atoms with Gasteiger partial charge in [-0.05, 0) is 24.6 Å². The third-order valence-electron chi connectivity index (χ3n) is 5.08. The molecule has 14 heteroatoms. The molecule has 200 valence electrons. The standard InChI is InChI=1S/C24H22F3N5O6/c1-14(38-22(35)37-13-23(2,3)21(33)34)32-30-18(11-28)20(31-32)16-6-4-5-15(9-16)12-36-19-10-17(7-8-29-19)24(25,26)27/h4-10,14H,12-13H2,1-3H3,(H,33,34)/p-1. The normalized spacial score (nSPS) is 12.3. The fourth-order valence-corrected chi connectivity index (χ4v) is 2.90. The lowest BCUT2D eigenvalue weighted by Crippen LogP contribution is -2.41. The van der Waals surface area contributed by atoms with E-state index in [1.54, 1.807) is 24.3 Å². The lowest BCUT2D eigenvalue weighted by Gasteiger charge is -2.25. The monoisotopic (exact) mass is 532 g/mol. The average Bonchev–Trinajstić information content (AvgIpc) is 3.31. The molecular formula is C24H21F3N5O6-. The second-order valence-corrected chi connectivity index (χ2v) is 8.63. The van der Waals surface area contributed by atoms with E-state index in [1.165, 1.54) is 20.8 Å². The van der Waals surface area contributed by atoms with Crippen LogP contribution < -0.4 is 9.84 Å². The molecule has 0 saturated carbocycles. The first-order chi connectivity index (χ1) is 17.8. The van der Waals surface area contributed by atoms with E-state index in [4.69, 9.17) is 14.2 Å². The van der Waals surface area contributed by atoms with Gasteiger partial charge in [0.2, 0.25) is 12.1 Å². The minimum atomic E-state index is -4.54. The first-order valence-corrected chi connectivity index (χ1v) is 11.0. The Bertz CT molecular complexity index is 1370. The molecule has 0 saturated heterocycles. The van der Waals surface area contributed by atoms with E-state index in [0.29, 0.717) is 11.1 Å². The minimum Gasteiger partial charge on any atom is -0.549 e. The number of nitrogens with zero attached hydrogens (tertiary/aromatic N) is 5. The molecule has 2 heterocycles. The van der Waals surface area contributed by atoms with E-state index >= 15 is 0 Å². The van der Waals surface area contributed by atoms with Gasteiger partial charge < -0.3 is 24.1 Å². The van der Waals surface area contributed by atoms with Crippen LogP contribution in [0.25, 0.3) is 11.3 Å². The topological polar surface area (TPSA) is 152 Å². The largest absolute Gasteiger partial charge is 0.549 e. The number of carbonyl (C=O) groups is 2.